The van der Waals surface area contributed by atoms with Gasteiger partial charge < -0.3 is 9.47 Å². The summed E-state index contributed by atoms with van der Waals surface area (Å²) in [4.78, 5) is 12.9. The van der Waals surface area contributed by atoms with Crippen LogP contribution in [0.5, 0.6) is 11.5 Å². The highest BCUT2D eigenvalue weighted by atomic mass is 16.5. The van der Waals surface area contributed by atoms with E-state index in [9.17, 15) is 4.79 Å². The van der Waals surface area contributed by atoms with Crippen LogP contribution in [0.3, 0.4) is 0 Å². The third-order valence-electron chi connectivity index (χ3n) is 11.3. The number of rotatable bonds is 12. The number of carbonyl (C=O) groups is 1. The average molecular weight is 545 g/mol. The first-order valence-electron chi connectivity index (χ1n) is 16.3. The average Bonchev–Trinajstić information content (AvgIpc) is 2.94. The van der Waals surface area contributed by atoms with Crippen LogP contribution in [-0.2, 0) is 10.2 Å². The summed E-state index contributed by atoms with van der Waals surface area (Å²) in [6.07, 6.45) is 12.7. The molecule has 0 atom stereocenters. The Balaban J connectivity index is 1.47. The Bertz CT molecular complexity index is 1110. The second-order valence-corrected chi connectivity index (χ2v) is 13.9. The van der Waals surface area contributed by atoms with Gasteiger partial charge in [0, 0.05) is 5.41 Å². The fourth-order valence-corrected chi connectivity index (χ4v) is 8.97. The first-order chi connectivity index (χ1) is 19.2. The largest absolute Gasteiger partial charge is 0.488 e. The van der Waals surface area contributed by atoms with Gasteiger partial charge in [-0.15, -0.1) is 0 Å². The number of benzene rings is 2. The molecule has 0 aromatic heterocycles. The van der Waals surface area contributed by atoms with Gasteiger partial charge in [-0.3, -0.25) is 4.79 Å². The normalized spacial score (nSPS) is 27.6. The van der Waals surface area contributed by atoms with E-state index in [2.05, 4.69) is 71.0 Å². The lowest BCUT2D eigenvalue weighted by molar-refractivity contribution is -0.145. The quantitative estimate of drug-likeness (QED) is 0.197. The number of carbonyl (C=O) groups excluding carboxylic acids is 1. The fraction of sp³-hybridized carbons (Fsp3) is 0.649. The molecule has 0 unspecified atom stereocenters. The monoisotopic (exact) mass is 544 g/mol. The Morgan fingerprint density at radius 1 is 0.725 bits per heavy atom. The Morgan fingerprint density at radius 3 is 1.60 bits per heavy atom. The molecule has 0 amide bonds. The lowest BCUT2D eigenvalue weighted by Crippen LogP contribution is -2.56. The molecule has 4 saturated carbocycles. The van der Waals surface area contributed by atoms with E-state index in [1.165, 1.54) is 43.2 Å². The van der Waals surface area contributed by atoms with Gasteiger partial charge in [-0.25, -0.2) is 0 Å². The molecule has 0 radical (unpaired) electrons. The molecule has 4 fully saturated rings. The van der Waals surface area contributed by atoms with Crippen LogP contribution >= 0.6 is 0 Å². The van der Waals surface area contributed by atoms with Crippen molar-refractivity contribution in [1.29, 1.82) is 0 Å². The van der Waals surface area contributed by atoms with Gasteiger partial charge in [0.25, 0.3) is 0 Å². The third-order valence-corrected chi connectivity index (χ3v) is 11.3. The highest BCUT2D eigenvalue weighted by molar-refractivity contribution is 5.78. The van der Waals surface area contributed by atoms with E-state index in [4.69, 9.17) is 9.47 Å². The van der Waals surface area contributed by atoms with E-state index >= 15 is 0 Å². The summed E-state index contributed by atoms with van der Waals surface area (Å²) in [5, 5.41) is 0. The predicted octanol–water partition coefficient (Wildman–Crippen LogP) is 9.90. The lowest BCUT2D eigenvalue weighted by Gasteiger charge is -2.62. The maximum Gasteiger partial charge on any atom is 0.317 e. The zero-order valence-corrected chi connectivity index (χ0v) is 25.9. The molecule has 3 heteroatoms. The van der Waals surface area contributed by atoms with E-state index in [1.54, 1.807) is 0 Å². The summed E-state index contributed by atoms with van der Waals surface area (Å²) in [6, 6.07) is 17.8. The number of hydrogen-bond donors (Lipinski definition) is 0. The van der Waals surface area contributed by atoms with Gasteiger partial charge in [0.1, 0.15) is 17.1 Å². The molecule has 4 aliphatic rings. The molecule has 6 rings (SSSR count). The minimum Gasteiger partial charge on any atom is -0.488 e. The molecule has 0 saturated heterocycles. The van der Waals surface area contributed by atoms with E-state index in [-0.39, 0.29) is 17.0 Å². The van der Waals surface area contributed by atoms with Gasteiger partial charge in [0.2, 0.25) is 0 Å². The molecule has 0 aliphatic heterocycles. The molecular weight excluding hydrogens is 492 g/mol. The molecule has 4 bridgehead atoms. The molecule has 2 aromatic carbocycles. The SMILES string of the molecule is CCCC(C)(CCC)Oc1ccc(C2(c3ccc(OC(=O)C(C)(CC)CC)cc3)C3CC4CC(C3)CC2C4)cc1. The van der Waals surface area contributed by atoms with Crippen LogP contribution < -0.4 is 9.47 Å². The fourth-order valence-electron chi connectivity index (χ4n) is 8.97. The zero-order valence-electron chi connectivity index (χ0n) is 25.9. The first-order valence-corrected chi connectivity index (χ1v) is 16.3. The van der Waals surface area contributed by atoms with Gasteiger partial charge in [-0.2, -0.15) is 0 Å². The second-order valence-electron chi connectivity index (χ2n) is 13.9. The van der Waals surface area contributed by atoms with Gasteiger partial charge in [-0.1, -0.05) is 64.8 Å². The highest BCUT2D eigenvalue weighted by Gasteiger charge is 2.58. The van der Waals surface area contributed by atoms with Crippen molar-refractivity contribution in [1.82, 2.24) is 0 Å². The summed E-state index contributed by atoms with van der Waals surface area (Å²) >= 11 is 0. The van der Waals surface area contributed by atoms with Crippen molar-refractivity contribution in [2.24, 2.45) is 29.1 Å². The summed E-state index contributed by atoms with van der Waals surface area (Å²) in [5.74, 6) is 4.64. The van der Waals surface area contributed by atoms with Crippen LogP contribution in [0.4, 0.5) is 0 Å². The maximum absolute atomic E-state index is 12.9. The van der Waals surface area contributed by atoms with E-state index in [0.717, 1.165) is 56.1 Å². The molecule has 40 heavy (non-hydrogen) atoms. The van der Waals surface area contributed by atoms with Gasteiger partial charge >= 0.3 is 5.97 Å². The molecule has 0 N–H and O–H groups in total. The standard InChI is InChI=1S/C37H52O3/c1-7-19-36(6,20-8-2)40-33-17-13-29(14-18-33)37(30-22-26-21-27(24-30)25-31(37)23-26)28-11-15-32(16-12-28)39-34(38)35(5,9-3)10-4/h11-18,26-27,30-31H,7-10,19-25H2,1-6H3. The summed E-state index contributed by atoms with van der Waals surface area (Å²) in [6.45, 7) is 12.9. The van der Waals surface area contributed by atoms with Crippen molar-refractivity contribution in [3.8, 4) is 11.5 Å². The summed E-state index contributed by atoms with van der Waals surface area (Å²) in [5.41, 5.74) is 2.31. The Hall–Kier alpha value is -2.29. The minimum absolute atomic E-state index is 0.0198. The van der Waals surface area contributed by atoms with Gasteiger partial charge in [-0.05, 0) is 131 Å². The van der Waals surface area contributed by atoms with E-state index in [1.807, 2.05) is 19.1 Å². The molecule has 4 aliphatic carbocycles. The van der Waals surface area contributed by atoms with Crippen molar-refractivity contribution in [3.05, 3.63) is 59.7 Å². The molecule has 0 spiro atoms. The molecule has 3 nitrogen and oxygen atoms in total. The van der Waals surface area contributed by atoms with Crippen molar-refractivity contribution in [3.63, 3.8) is 0 Å². The third kappa shape index (κ3) is 5.23. The minimum atomic E-state index is -0.435. The summed E-state index contributed by atoms with van der Waals surface area (Å²) in [7, 11) is 0. The van der Waals surface area contributed by atoms with E-state index in [0.29, 0.717) is 17.6 Å². The number of esters is 1. The summed E-state index contributed by atoms with van der Waals surface area (Å²) < 4.78 is 12.5. The first kappa shape index (κ1) is 29.2. The zero-order chi connectivity index (χ0) is 28.5. The van der Waals surface area contributed by atoms with Crippen LogP contribution in [0.1, 0.15) is 123 Å². The van der Waals surface area contributed by atoms with E-state index < -0.39 is 5.41 Å². The van der Waals surface area contributed by atoms with Crippen molar-refractivity contribution in [2.75, 3.05) is 0 Å². The molecule has 218 valence electrons. The van der Waals surface area contributed by atoms with Crippen LogP contribution in [0, 0.1) is 29.1 Å². The Morgan fingerprint density at radius 2 is 1.18 bits per heavy atom. The van der Waals surface area contributed by atoms with Gasteiger partial charge in [0.15, 0.2) is 0 Å². The van der Waals surface area contributed by atoms with Crippen LogP contribution in [0.2, 0.25) is 0 Å². The van der Waals surface area contributed by atoms with Crippen LogP contribution in [-0.4, -0.2) is 11.6 Å². The van der Waals surface area contributed by atoms with Crippen LogP contribution in [0.15, 0.2) is 48.5 Å². The lowest BCUT2D eigenvalue weighted by atomic mass is 9.42. The number of hydrogen-bond acceptors (Lipinski definition) is 3. The van der Waals surface area contributed by atoms with Crippen LogP contribution in [0.25, 0.3) is 0 Å². The molecule has 0 heterocycles. The highest BCUT2D eigenvalue weighted by Crippen LogP contribution is 2.65. The van der Waals surface area contributed by atoms with Crippen molar-refractivity contribution >= 4 is 5.97 Å². The molecule has 2 aromatic rings. The van der Waals surface area contributed by atoms with Crippen molar-refractivity contribution < 1.29 is 14.3 Å². The van der Waals surface area contributed by atoms with Gasteiger partial charge in [0.05, 0.1) is 5.41 Å². The maximum atomic E-state index is 12.9. The predicted molar refractivity (Wildman–Crippen MR) is 164 cm³/mol. The Kier molecular flexibility index (Phi) is 8.42. The number of ether oxygens (including phenoxy) is 2. The molecular formula is C37H52O3. The second kappa shape index (κ2) is 11.5. The Labute approximate surface area is 243 Å². The smallest absolute Gasteiger partial charge is 0.317 e. The topological polar surface area (TPSA) is 35.5 Å². The van der Waals surface area contributed by atoms with Crippen molar-refractivity contribution in [2.45, 2.75) is 123 Å².